The molecule has 5 heteroatoms. The smallest absolute Gasteiger partial charge is 0.323 e. The SMILES string of the molecule is CC(C)[C@H](N)C(=O)OC1CCN(c2ccc#cn2)CC1. The molecular weight excluding hydrogens is 254 g/mol. The van der Waals surface area contributed by atoms with Gasteiger partial charge < -0.3 is 15.4 Å². The van der Waals surface area contributed by atoms with Crippen molar-refractivity contribution in [2.24, 2.45) is 11.7 Å². The van der Waals surface area contributed by atoms with Gasteiger partial charge in [0.05, 0.1) is 0 Å². The Morgan fingerprint density at radius 1 is 1.50 bits per heavy atom. The maximum Gasteiger partial charge on any atom is 0.323 e. The number of anilines is 1. The van der Waals surface area contributed by atoms with E-state index in [9.17, 15) is 4.79 Å². The molecule has 2 rings (SSSR count). The lowest BCUT2D eigenvalue weighted by Crippen LogP contribution is -2.43. The van der Waals surface area contributed by atoms with E-state index < -0.39 is 6.04 Å². The molecule has 2 heterocycles. The summed E-state index contributed by atoms with van der Waals surface area (Å²) in [6.07, 6.45) is 4.28. The van der Waals surface area contributed by atoms with Crippen molar-refractivity contribution in [1.29, 1.82) is 0 Å². The molecule has 0 aromatic carbocycles. The molecule has 1 saturated heterocycles. The Kier molecular flexibility index (Phi) is 4.80. The summed E-state index contributed by atoms with van der Waals surface area (Å²) in [7, 11) is 0. The van der Waals surface area contributed by atoms with Crippen LogP contribution < -0.4 is 10.6 Å². The average molecular weight is 275 g/mol. The van der Waals surface area contributed by atoms with E-state index in [0.717, 1.165) is 31.7 Å². The second-order valence-electron chi connectivity index (χ2n) is 5.45. The van der Waals surface area contributed by atoms with E-state index in [-0.39, 0.29) is 18.0 Å². The molecule has 5 nitrogen and oxygen atoms in total. The van der Waals surface area contributed by atoms with Gasteiger partial charge in [0.25, 0.3) is 0 Å². The second-order valence-corrected chi connectivity index (χ2v) is 5.45. The zero-order valence-corrected chi connectivity index (χ0v) is 12.0. The molecule has 1 atom stereocenters. The normalized spacial score (nSPS) is 17.7. The minimum atomic E-state index is -0.533. The van der Waals surface area contributed by atoms with Crippen molar-refractivity contribution in [3.8, 4) is 0 Å². The molecule has 0 amide bonds. The van der Waals surface area contributed by atoms with E-state index in [2.05, 4.69) is 22.1 Å². The van der Waals surface area contributed by atoms with Crippen LogP contribution >= 0.6 is 0 Å². The van der Waals surface area contributed by atoms with Crippen LogP contribution in [0.5, 0.6) is 0 Å². The molecule has 1 aromatic heterocycles. The molecule has 0 saturated carbocycles. The molecule has 20 heavy (non-hydrogen) atoms. The summed E-state index contributed by atoms with van der Waals surface area (Å²) in [6, 6.07) is 5.97. The van der Waals surface area contributed by atoms with Gasteiger partial charge in [-0.05, 0) is 24.1 Å². The van der Waals surface area contributed by atoms with E-state index in [1.165, 1.54) is 0 Å². The number of nitrogens with two attached hydrogens (primary N) is 1. The number of carbonyl (C=O) groups excluding carboxylic acids is 1. The highest BCUT2D eigenvalue weighted by molar-refractivity contribution is 5.76. The summed E-state index contributed by atoms with van der Waals surface area (Å²) in [4.78, 5) is 18.1. The predicted octanol–water partition coefficient (Wildman–Crippen LogP) is 1.18. The quantitative estimate of drug-likeness (QED) is 0.836. The molecular formula is C15H21N3O2. The fourth-order valence-electron chi connectivity index (χ4n) is 2.17. The molecule has 1 aliphatic heterocycles. The van der Waals surface area contributed by atoms with Crippen LogP contribution in [0.15, 0.2) is 12.1 Å². The summed E-state index contributed by atoms with van der Waals surface area (Å²) >= 11 is 0. The highest BCUT2D eigenvalue weighted by atomic mass is 16.5. The van der Waals surface area contributed by atoms with Gasteiger partial charge in [-0.2, -0.15) is 4.98 Å². The Morgan fingerprint density at radius 2 is 2.20 bits per heavy atom. The Labute approximate surface area is 120 Å². The third-order valence-corrected chi connectivity index (χ3v) is 3.59. The summed E-state index contributed by atoms with van der Waals surface area (Å²) in [5.74, 6) is 0.703. The van der Waals surface area contributed by atoms with E-state index in [1.807, 2.05) is 19.9 Å². The van der Waals surface area contributed by atoms with Crippen LogP contribution in [0, 0.1) is 18.2 Å². The number of hydrogen-bond donors (Lipinski definition) is 1. The van der Waals surface area contributed by atoms with Crippen molar-refractivity contribution in [1.82, 2.24) is 4.98 Å². The van der Waals surface area contributed by atoms with Crippen LogP contribution in [0.2, 0.25) is 0 Å². The van der Waals surface area contributed by atoms with Gasteiger partial charge in [-0.15, -0.1) is 0 Å². The first-order valence-corrected chi connectivity index (χ1v) is 7.03. The fraction of sp³-hybridized carbons (Fsp3) is 0.600. The van der Waals surface area contributed by atoms with Crippen molar-refractivity contribution < 1.29 is 9.53 Å². The maximum atomic E-state index is 11.8. The fourth-order valence-corrected chi connectivity index (χ4v) is 2.17. The van der Waals surface area contributed by atoms with Crippen molar-refractivity contribution in [3.63, 3.8) is 0 Å². The van der Waals surface area contributed by atoms with E-state index in [4.69, 9.17) is 10.5 Å². The number of piperidine rings is 1. The minimum Gasteiger partial charge on any atom is -0.461 e. The number of aromatic nitrogens is 1. The highest BCUT2D eigenvalue weighted by Crippen LogP contribution is 2.19. The van der Waals surface area contributed by atoms with Crippen molar-refractivity contribution in [3.05, 3.63) is 24.4 Å². The topological polar surface area (TPSA) is 68.5 Å². The van der Waals surface area contributed by atoms with Gasteiger partial charge >= 0.3 is 5.97 Å². The standard InChI is InChI=1S/C15H21N3O2/c1-11(2)14(16)15(19)20-12-6-9-18(10-7-12)13-5-3-4-8-17-13/h3,5,11-12,14H,6-7,9-10,16H2,1-2H3/t14-/m0/s1. The van der Waals surface area contributed by atoms with Crippen molar-refractivity contribution in [2.75, 3.05) is 18.0 Å². The monoisotopic (exact) mass is 275 g/mol. The first-order chi connectivity index (χ1) is 9.58. The van der Waals surface area contributed by atoms with Crippen LogP contribution in [0.1, 0.15) is 26.7 Å². The zero-order chi connectivity index (χ0) is 14.5. The predicted molar refractivity (Wildman–Crippen MR) is 76.0 cm³/mol. The minimum absolute atomic E-state index is 0.0391. The second kappa shape index (κ2) is 6.58. The molecule has 0 radical (unpaired) electrons. The number of esters is 1. The first kappa shape index (κ1) is 14.6. The third-order valence-electron chi connectivity index (χ3n) is 3.59. The van der Waals surface area contributed by atoms with Gasteiger partial charge in [0.2, 0.25) is 0 Å². The molecule has 1 aliphatic rings. The number of rotatable bonds is 4. The lowest BCUT2D eigenvalue weighted by Gasteiger charge is -2.32. The van der Waals surface area contributed by atoms with Gasteiger partial charge in [-0.25, -0.2) is 0 Å². The summed E-state index contributed by atoms with van der Waals surface area (Å²) < 4.78 is 5.47. The van der Waals surface area contributed by atoms with Gasteiger partial charge in [0, 0.05) is 32.1 Å². The molecule has 108 valence electrons. The van der Waals surface area contributed by atoms with Crippen molar-refractivity contribution >= 4 is 11.8 Å². The first-order valence-electron chi connectivity index (χ1n) is 7.03. The van der Waals surface area contributed by atoms with E-state index in [0.29, 0.717) is 0 Å². The molecule has 0 bridgehead atoms. The Morgan fingerprint density at radius 3 is 2.75 bits per heavy atom. The van der Waals surface area contributed by atoms with Crippen molar-refractivity contribution in [2.45, 2.75) is 38.8 Å². The molecule has 0 spiro atoms. The largest absolute Gasteiger partial charge is 0.461 e. The highest BCUT2D eigenvalue weighted by Gasteiger charge is 2.26. The molecule has 1 fully saturated rings. The lowest BCUT2D eigenvalue weighted by molar-refractivity contribution is -0.152. The number of hydrogen-bond acceptors (Lipinski definition) is 5. The zero-order valence-electron chi connectivity index (χ0n) is 12.0. The molecule has 0 aliphatic carbocycles. The Hall–Kier alpha value is -1.80. The van der Waals surface area contributed by atoms with Crippen LogP contribution in [-0.4, -0.2) is 36.2 Å². The summed E-state index contributed by atoms with van der Waals surface area (Å²) in [5.41, 5.74) is 5.79. The number of nitrogens with zero attached hydrogens (tertiary/aromatic N) is 2. The van der Waals surface area contributed by atoms with Gasteiger partial charge in [-0.3, -0.25) is 4.79 Å². The molecule has 1 aromatic rings. The summed E-state index contributed by atoms with van der Waals surface area (Å²) in [6.45, 7) is 5.48. The van der Waals surface area contributed by atoms with Gasteiger partial charge in [-0.1, -0.05) is 13.8 Å². The Balaban J connectivity index is 1.81. The van der Waals surface area contributed by atoms with E-state index in [1.54, 1.807) is 6.07 Å². The van der Waals surface area contributed by atoms with Crippen LogP contribution in [0.3, 0.4) is 0 Å². The molecule has 2 N–H and O–H groups in total. The van der Waals surface area contributed by atoms with Gasteiger partial charge in [0.1, 0.15) is 18.0 Å². The molecule has 0 unspecified atom stereocenters. The lowest BCUT2D eigenvalue weighted by atomic mass is 10.0. The van der Waals surface area contributed by atoms with Crippen LogP contribution in [0.4, 0.5) is 5.82 Å². The number of ether oxygens (including phenoxy) is 1. The van der Waals surface area contributed by atoms with E-state index >= 15 is 0 Å². The van der Waals surface area contributed by atoms with Crippen LogP contribution in [-0.2, 0) is 9.53 Å². The third kappa shape index (κ3) is 3.61. The average Bonchev–Trinajstić information content (AvgIpc) is 2.48. The maximum absolute atomic E-state index is 11.8. The summed E-state index contributed by atoms with van der Waals surface area (Å²) in [5, 5.41) is 0. The van der Waals surface area contributed by atoms with Gasteiger partial charge in [0.15, 0.2) is 0 Å². The number of carbonyl (C=O) groups is 1. The Bertz CT molecular complexity index is 428. The van der Waals surface area contributed by atoms with Crippen LogP contribution in [0.25, 0.3) is 0 Å².